The molecule has 0 bridgehead atoms. The van der Waals surface area contributed by atoms with Crippen molar-refractivity contribution >= 4 is 17.2 Å². The zero-order chi connectivity index (χ0) is 18.1. The molecule has 2 saturated heterocycles. The largest absolute Gasteiger partial charge is 0.391 e. The summed E-state index contributed by atoms with van der Waals surface area (Å²) in [5.74, 6) is 0.398. The topological polar surface area (TPSA) is 72.5 Å². The van der Waals surface area contributed by atoms with E-state index >= 15 is 0 Å². The van der Waals surface area contributed by atoms with Gasteiger partial charge in [-0.1, -0.05) is 6.07 Å². The van der Waals surface area contributed by atoms with Gasteiger partial charge in [0, 0.05) is 43.8 Å². The van der Waals surface area contributed by atoms with Crippen LogP contribution in [0.1, 0.15) is 33.9 Å². The smallest absolute Gasteiger partial charge is 0.263 e. The highest BCUT2D eigenvalue weighted by atomic mass is 32.1. The third-order valence-corrected chi connectivity index (χ3v) is 6.52. The molecule has 4 heterocycles. The van der Waals surface area contributed by atoms with Gasteiger partial charge in [0.05, 0.1) is 16.7 Å². The summed E-state index contributed by atoms with van der Waals surface area (Å²) < 4.78 is 0. The predicted molar refractivity (Wildman–Crippen MR) is 101 cm³/mol. The number of hydrogen-bond donors (Lipinski definition) is 2. The average Bonchev–Trinajstić information content (AvgIpc) is 3.38. The van der Waals surface area contributed by atoms with Gasteiger partial charge in [-0.15, -0.1) is 11.3 Å². The highest BCUT2D eigenvalue weighted by Crippen LogP contribution is 2.27. The van der Waals surface area contributed by atoms with Crippen molar-refractivity contribution in [1.29, 1.82) is 0 Å². The van der Waals surface area contributed by atoms with Crippen LogP contribution in [0.15, 0.2) is 23.6 Å². The fraction of sp³-hybridized carbons (Fsp3) is 0.579. The van der Waals surface area contributed by atoms with Crippen LogP contribution in [0.4, 0.5) is 0 Å². The Kier molecular flexibility index (Phi) is 5.11. The molecule has 0 radical (unpaired) electrons. The van der Waals surface area contributed by atoms with E-state index in [-0.39, 0.29) is 17.9 Å². The van der Waals surface area contributed by atoms with Gasteiger partial charge in [0.25, 0.3) is 5.91 Å². The number of likely N-dealkylation sites (tertiary alicyclic amines) is 2. The lowest BCUT2D eigenvalue weighted by Gasteiger charge is -2.36. The Labute approximate surface area is 157 Å². The van der Waals surface area contributed by atoms with E-state index in [2.05, 4.69) is 21.2 Å². The standard InChI is InChI=1S/C19H26N4O2S/c1-13-9-15(21-20-13)10-14-11-23(12-17(14)24)16-4-6-22(7-5-16)19(25)18-3-2-8-26-18/h2-3,8-9,14,16-17,24H,4-7,10-12H2,1H3,(H,20,21)/t14-,17-/m1/s1. The number of aliphatic hydroxyl groups excluding tert-OH is 1. The molecule has 6 nitrogen and oxygen atoms in total. The van der Waals surface area contributed by atoms with Crippen molar-refractivity contribution in [2.75, 3.05) is 26.2 Å². The van der Waals surface area contributed by atoms with Crippen LogP contribution in [-0.2, 0) is 6.42 Å². The molecule has 0 aromatic carbocycles. The van der Waals surface area contributed by atoms with Crippen LogP contribution in [0.3, 0.4) is 0 Å². The number of piperidine rings is 1. The van der Waals surface area contributed by atoms with Crippen molar-refractivity contribution in [2.24, 2.45) is 5.92 Å². The Morgan fingerprint density at radius 1 is 1.38 bits per heavy atom. The van der Waals surface area contributed by atoms with E-state index in [1.54, 1.807) is 0 Å². The number of rotatable bonds is 4. The number of nitrogens with zero attached hydrogens (tertiary/aromatic N) is 3. The number of carbonyl (C=O) groups is 1. The zero-order valence-corrected chi connectivity index (χ0v) is 15.9. The molecule has 4 rings (SSSR count). The fourth-order valence-electron chi connectivity index (χ4n) is 4.22. The highest BCUT2D eigenvalue weighted by molar-refractivity contribution is 7.12. The number of nitrogens with one attached hydrogen (secondary N) is 1. The van der Waals surface area contributed by atoms with Crippen molar-refractivity contribution < 1.29 is 9.90 Å². The maximum absolute atomic E-state index is 12.5. The fourth-order valence-corrected chi connectivity index (χ4v) is 4.91. The summed E-state index contributed by atoms with van der Waals surface area (Å²) in [6, 6.07) is 6.35. The maximum atomic E-state index is 12.5. The number of H-pyrrole nitrogens is 1. The van der Waals surface area contributed by atoms with Crippen molar-refractivity contribution in [3.05, 3.63) is 39.8 Å². The minimum atomic E-state index is -0.294. The summed E-state index contributed by atoms with van der Waals surface area (Å²) in [7, 11) is 0. The number of amides is 1. The van der Waals surface area contributed by atoms with Crippen LogP contribution in [-0.4, -0.2) is 69.3 Å². The number of aryl methyl sites for hydroxylation is 1. The minimum absolute atomic E-state index is 0.159. The van der Waals surface area contributed by atoms with E-state index in [9.17, 15) is 9.90 Å². The van der Waals surface area contributed by atoms with E-state index in [1.807, 2.05) is 29.3 Å². The van der Waals surface area contributed by atoms with E-state index in [4.69, 9.17) is 0 Å². The molecular formula is C19H26N4O2S. The summed E-state index contributed by atoms with van der Waals surface area (Å²) in [6.45, 7) is 5.25. The van der Waals surface area contributed by atoms with Crippen LogP contribution in [0, 0.1) is 12.8 Å². The van der Waals surface area contributed by atoms with Crippen molar-refractivity contribution in [2.45, 2.75) is 38.3 Å². The molecule has 2 atom stereocenters. The number of carbonyl (C=O) groups excluding carboxylic acids is 1. The quantitative estimate of drug-likeness (QED) is 0.858. The first-order chi connectivity index (χ1) is 12.6. The van der Waals surface area contributed by atoms with Gasteiger partial charge in [-0.3, -0.25) is 14.8 Å². The van der Waals surface area contributed by atoms with Crippen LogP contribution < -0.4 is 0 Å². The zero-order valence-electron chi connectivity index (χ0n) is 15.1. The second kappa shape index (κ2) is 7.50. The molecule has 0 aliphatic carbocycles. The van der Waals surface area contributed by atoms with Crippen LogP contribution in [0.5, 0.6) is 0 Å². The van der Waals surface area contributed by atoms with Gasteiger partial charge in [-0.2, -0.15) is 5.10 Å². The molecule has 2 N–H and O–H groups in total. The minimum Gasteiger partial charge on any atom is -0.391 e. The molecule has 2 aliphatic rings. The van der Waals surface area contributed by atoms with Crippen LogP contribution >= 0.6 is 11.3 Å². The number of β-amino-alcohol motifs (C(OH)–C–C–N with tert-alkyl or cyclic N) is 1. The highest BCUT2D eigenvalue weighted by Gasteiger charge is 2.37. The lowest BCUT2D eigenvalue weighted by molar-refractivity contribution is 0.0632. The summed E-state index contributed by atoms with van der Waals surface area (Å²) >= 11 is 1.51. The second-order valence-corrected chi connectivity index (χ2v) is 8.48. The van der Waals surface area contributed by atoms with Gasteiger partial charge in [-0.05, 0) is 43.7 Å². The first kappa shape index (κ1) is 17.7. The number of aliphatic hydroxyl groups is 1. The van der Waals surface area contributed by atoms with E-state index in [1.165, 1.54) is 11.3 Å². The summed E-state index contributed by atoms with van der Waals surface area (Å²) in [6.07, 6.45) is 2.49. The van der Waals surface area contributed by atoms with Crippen molar-refractivity contribution in [1.82, 2.24) is 20.0 Å². The molecule has 2 aliphatic heterocycles. The monoisotopic (exact) mass is 374 g/mol. The molecule has 2 aromatic rings. The van der Waals surface area contributed by atoms with Gasteiger partial charge in [0.1, 0.15) is 0 Å². The van der Waals surface area contributed by atoms with E-state index in [0.717, 1.165) is 61.7 Å². The van der Waals surface area contributed by atoms with Gasteiger partial charge >= 0.3 is 0 Å². The number of aromatic amines is 1. The van der Waals surface area contributed by atoms with Crippen molar-refractivity contribution in [3.8, 4) is 0 Å². The lowest BCUT2D eigenvalue weighted by Crippen LogP contribution is -2.46. The molecule has 0 spiro atoms. The third-order valence-electron chi connectivity index (χ3n) is 5.67. The SMILES string of the molecule is Cc1cc(C[C@@H]2CN(C3CCN(C(=O)c4cccs4)CC3)C[C@H]2O)n[nH]1. The number of thiophene rings is 1. The lowest BCUT2D eigenvalue weighted by atomic mass is 10.00. The van der Waals surface area contributed by atoms with Gasteiger partial charge < -0.3 is 10.0 Å². The Balaban J connectivity index is 1.30. The molecule has 0 saturated carbocycles. The molecule has 1 amide bonds. The summed E-state index contributed by atoms with van der Waals surface area (Å²) in [4.78, 5) is 17.7. The summed E-state index contributed by atoms with van der Waals surface area (Å²) in [5.41, 5.74) is 2.09. The van der Waals surface area contributed by atoms with E-state index in [0.29, 0.717) is 6.04 Å². The molecule has 0 unspecified atom stereocenters. The Bertz CT molecular complexity index is 737. The predicted octanol–water partition coefficient (Wildman–Crippen LogP) is 1.92. The number of aromatic nitrogens is 2. The van der Waals surface area contributed by atoms with Gasteiger partial charge in [0.2, 0.25) is 0 Å². The normalized spacial score (nSPS) is 25.1. The first-order valence-electron chi connectivity index (χ1n) is 9.36. The van der Waals surface area contributed by atoms with Gasteiger partial charge in [0.15, 0.2) is 0 Å². The first-order valence-corrected chi connectivity index (χ1v) is 10.2. The Hall–Kier alpha value is -1.70. The molecule has 7 heteroatoms. The molecular weight excluding hydrogens is 348 g/mol. The van der Waals surface area contributed by atoms with Crippen molar-refractivity contribution in [3.63, 3.8) is 0 Å². The maximum Gasteiger partial charge on any atom is 0.263 e. The summed E-state index contributed by atoms with van der Waals surface area (Å²) in [5, 5.41) is 19.7. The Morgan fingerprint density at radius 2 is 2.19 bits per heavy atom. The van der Waals surface area contributed by atoms with Gasteiger partial charge in [-0.25, -0.2) is 0 Å². The number of hydrogen-bond acceptors (Lipinski definition) is 5. The van der Waals surface area contributed by atoms with Crippen LogP contribution in [0.2, 0.25) is 0 Å². The molecule has 26 heavy (non-hydrogen) atoms. The molecule has 140 valence electrons. The third kappa shape index (κ3) is 3.70. The molecule has 2 aromatic heterocycles. The van der Waals surface area contributed by atoms with E-state index < -0.39 is 0 Å². The second-order valence-electron chi connectivity index (χ2n) is 7.53. The molecule has 2 fully saturated rings. The van der Waals surface area contributed by atoms with Crippen LogP contribution in [0.25, 0.3) is 0 Å². The average molecular weight is 375 g/mol. The Morgan fingerprint density at radius 3 is 2.85 bits per heavy atom.